The SMILES string of the molecule is Nc1ccncc1C(=O)Nc1nc(C2CC2)cs1. The Labute approximate surface area is 108 Å². The third-order valence-electron chi connectivity index (χ3n) is 2.84. The molecule has 2 heterocycles. The minimum absolute atomic E-state index is 0.266. The average Bonchev–Trinajstić information content (AvgIpc) is 3.11. The lowest BCUT2D eigenvalue weighted by Crippen LogP contribution is -2.14. The van der Waals surface area contributed by atoms with Crippen molar-refractivity contribution in [2.75, 3.05) is 11.1 Å². The number of nitrogens with two attached hydrogens (primary N) is 1. The van der Waals surface area contributed by atoms with Gasteiger partial charge in [-0.2, -0.15) is 0 Å². The lowest BCUT2D eigenvalue weighted by molar-refractivity contribution is 0.102. The minimum Gasteiger partial charge on any atom is -0.398 e. The van der Waals surface area contributed by atoms with Crippen molar-refractivity contribution in [3.05, 3.63) is 35.1 Å². The summed E-state index contributed by atoms with van der Waals surface area (Å²) in [5.74, 6) is 0.327. The molecule has 1 aliphatic carbocycles. The van der Waals surface area contributed by atoms with Crippen molar-refractivity contribution in [1.82, 2.24) is 9.97 Å². The fourth-order valence-corrected chi connectivity index (χ4v) is 2.46. The van der Waals surface area contributed by atoms with E-state index in [4.69, 9.17) is 5.73 Å². The molecule has 2 aromatic rings. The van der Waals surface area contributed by atoms with E-state index in [0.717, 1.165) is 5.69 Å². The van der Waals surface area contributed by atoms with Gasteiger partial charge in [-0.15, -0.1) is 11.3 Å². The first-order valence-electron chi connectivity index (χ1n) is 5.70. The van der Waals surface area contributed by atoms with Crippen molar-refractivity contribution < 1.29 is 4.79 Å². The number of aromatic nitrogens is 2. The third kappa shape index (κ3) is 2.19. The summed E-state index contributed by atoms with van der Waals surface area (Å²) in [6.07, 6.45) is 5.42. The number of pyridine rings is 1. The number of nitrogens with zero attached hydrogens (tertiary/aromatic N) is 2. The van der Waals surface area contributed by atoms with Gasteiger partial charge in [0, 0.05) is 29.4 Å². The Balaban J connectivity index is 1.75. The number of nitrogens with one attached hydrogen (secondary N) is 1. The van der Waals surface area contributed by atoms with Crippen LogP contribution in [0.25, 0.3) is 0 Å². The van der Waals surface area contributed by atoms with Crippen molar-refractivity contribution in [1.29, 1.82) is 0 Å². The highest BCUT2D eigenvalue weighted by molar-refractivity contribution is 7.14. The molecule has 1 saturated carbocycles. The topological polar surface area (TPSA) is 80.9 Å². The molecule has 0 atom stereocenters. The van der Waals surface area contributed by atoms with E-state index >= 15 is 0 Å². The first-order valence-corrected chi connectivity index (χ1v) is 6.58. The van der Waals surface area contributed by atoms with E-state index in [1.54, 1.807) is 12.3 Å². The molecule has 0 aliphatic heterocycles. The summed E-state index contributed by atoms with van der Waals surface area (Å²) in [4.78, 5) is 20.3. The van der Waals surface area contributed by atoms with Gasteiger partial charge in [0.15, 0.2) is 5.13 Å². The lowest BCUT2D eigenvalue weighted by atomic mass is 10.2. The van der Waals surface area contributed by atoms with E-state index in [9.17, 15) is 4.79 Å². The van der Waals surface area contributed by atoms with Crippen LogP contribution in [-0.4, -0.2) is 15.9 Å². The molecule has 1 amide bonds. The van der Waals surface area contributed by atoms with Crippen LogP contribution in [0.2, 0.25) is 0 Å². The molecule has 92 valence electrons. The predicted molar refractivity (Wildman–Crippen MR) is 70.7 cm³/mol. The van der Waals surface area contributed by atoms with Gasteiger partial charge >= 0.3 is 0 Å². The maximum absolute atomic E-state index is 12.0. The van der Waals surface area contributed by atoms with Crippen molar-refractivity contribution >= 4 is 28.1 Å². The number of carbonyl (C=O) groups is 1. The van der Waals surface area contributed by atoms with Crippen LogP contribution in [0.15, 0.2) is 23.8 Å². The molecule has 0 unspecified atom stereocenters. The predicted octanol–water partition coefficient (Wildman–Crippen LogP) is 2.25. The van der Waals surface area contributed by atoms with Crippen LogP contribution in [0.5, 0.6) is 0 Å². The molecule has 0 aromatic carbocycles. The second-order valence-corrected chi connectivity index (χ2v) is 5.13. The first-order chi connectivity index (χ1) is 8.74. The monoisotopic (exact) mass is 260 g/mol. The second kappa shape index (κ2) is 4.38. The zero-order valence-electron chi connectivity index (χ0n) is 9.59. The number of hydrogen-bond acceptors (Lipinski definition) is 5. The molecule has 2 aromatic heterocycles. The van der Waals surface area contributed by atoms with E-state index in [1.165, 1.54) is 30.4 Å². The number of hydrogen-bond donors (Lipinski definition) is 2. The molecule has 18 heavy (non-hydrogen) atoms. The Bertz CT molecular complexity index is 591. The van der Waals surface area contributed by atoms with E-state index in [0.29, 0.717) is 22.3 Å². The van der Waals surface area contributed by atoms with Gasteiger partial charge in [-0.1, -0.05) is 0 Å². The van der Waals surface area contributed by atoms with Gasteiger partial charge in [0.25, 0.3) is 5.91 Å². The molecule has 0 saturated heterocycles. The van der Waals surface area contributed by atoms with Gasteiger partial charge in [-0.3, -0.25) is 15.1 Å². The molecular weight excluding hydrogens is 248 g/mol. The van der Waals surface area contributed by atoms with Crippen LogP contribution in [0.4, 0.5) is 10.8 Å². The minimum atomic E-state index is -0.266. The molecule has 3 N–H and O–H groups in total. The maximum Gasteiger partial charge on any atom is 0.261 e. The summed E-state index contributed by atoms with van der Waals surface area (Å²) in [5, 5.41) is 5.37. The Morgan fingerprint density at radius 1 is 1.50 bits per heavy atom. The smallest absolute Gasteiger partial charge is 0.261 e. The van der Waals surface area contributed by atoms with Gasteiger partial charge in [-0.05, 0) is 18.9 Å². The highest BCUT2D eigenvalue weighted by atomic mass is 32.1. The molecule has 0 spiro atoms. The number of rotatable bonds is 3. The second-order valence-electron chi connectivity index (χ2n) is 4.27. The quantitative estimate of drug-likeness (QED) is 0.886. The van der Waals surface area contributed by atoms with Crippen LogP contribution in [-0.2, 0) is 0 Å². The summed E-state index contributed by atoms with van der Waals surface area (Å²) in [5.41, 5.74) is 7.59. The van der Waals surface area contributed by atoms with Gasteiger partial charge in [0.2, 0.25) is 0 Å². The molecular formula is C12H12N4OS. The maximum atomic E-state index is 12.0. The number of amides is 1. The molecule has 3 rings (SSSR count). The normalized spacial score (nSPS) is 14.4. The zero-order valence-corrected chi connectivity index (χ0v) is 10.4. The van der Waals surface area contributed by atoms with E-state index < -0.39 is 0 Å². The van der Waals surface area contributed by atoms with Gasteiger partial charge in [0.1, 0.15) is 0 Å². The highest BCUT2D eigenvalue weighted by Crippen LogP contribution is 2.40. The summed E-state index contributed by atoms with van der Waals surface area (Å²) in [6, 6.07) is 1.60. The van der Waals surface area contributed by atoms with Crippen molar-refractivity contribution in [3.8, 4) is 0 Å². The van der Waals surface area contributed by atoms with Crippen molar-refractivity contribution in [2.45, 2.75) is 18.8 Å². The van der Waals surface area contributed by atoms with Crippen LogP contribution < -0.4 is 11.1 Å². The summed E-state index contributed by atoms with van der Waals surface area (Å²) >= 11 is 1.44. The van der Waals surface area contributed by atoms with E-state index in [2.05, 4.69) is 15.3 Å². The standard InChI is InChI=1S/C12H12N4OS/c13-9-3-4-14-5-8(9)11(17)16-12-15-10(6-18-12)7-1-2-7/h3-7H,1-2H2,(H2,13,14)(H,15,16,17). The Morgan fingerprint density at radius 2 is 2.33 bits per heavy atom. The fraction of sp³-hybridized carbons (Fsp3) is 0.250. The van der Waals surface area contributed by atoms with Gasteiger partial charge in [0.05, 0.1) is 11.3 Å². The molecule has 1 fully saturated rings. The van der Waals surface area contributed by atoms with Crippen LogP contribution >= 0.6 is 11.3 Å². The number of carbonyl (C=O) groups excluding carboxylic acids is 1. The van der Waals surface area contributed by atoms with Gasteiger partial charge in [-0.25, -0.2) is 4.98 Å². The van der Waals surface area contributed by atoms with Crippen LogP contribution in [0, 0.1) is 0 Å². The lowest BCUT2D eigenvalue weighted by Gasteiger charge is -2.03. The Hall–Kier alpha value is -1.95. The first kappa shape index (κ1) is 11.2. The average molecular weight is 260 g/mol. The molecule has 5 nitrogen and oxygen atoms in total. The van der Waals surface area contributed by atoms with Crippen molar-refractivity contribution in [2.24, 2.45) is 0 Å². The third-order valence-corrected chi connectivity index (χ3v) is 3.61. The number of anilines is 2. The van der Waals surface area contributed by atoms with E-state index in [1.807, 2.05) is 5.38 Å². The fourth-order valence-electron chi connectivity index (χ4n) is 1.67. The van der Waals surface area contributed by atoms with Gasteiger partial charge < -0.3 is 5.73 Å². The highest BCUT2D eigenvalue weighted by Gasteiger charge is 2.26. The summed E-state index contributed by atoms with van der Waals surface area (Å²) in [6.45, 7) is 0. The molecule has 1 aliphatic rings. The largest absolute Gasteiger partial charge is 0.398 e. The Morgan fingerprint density at radius 3 is 3.06 bits per heavy atom. The van der Waals surface area contributed by atoms with Crippen LogP contribution in [0.3, 0.4) is 0 Å². The summed E-state index contributed by atoms with van der Waals surface area (Å²) < 4.78 is 0. The molecule has 6 heteroatoms. The van der Waals surface area contributed by atoms with Crippen LogP contribution in [0.1, 0.15) is 34.8 Å². The van der Waals surface area contributed by atoms with Crippen molar-refractivity contribution in [3.63, 3.8) is 0 Å². The number of thiazole rings is 1. The number of nitrogen functional groups attached to an aromatic ring is 1. The van der Waals surface area contributed by atoms with E-state index in [-0.39, 0.29) is 5.91 Å². The molecule has 0 radical (unpaired) electrons. The zero-order chi connectivity index (χ0) is 12.5. The summed E-state index contributed by atoms with van der Waals surface area (Å²) in [7, 11) is 0. The molecule has 0 bridgehead atoms. The Kier molecular flexibility index (Phi) is 2.71.